The zero-order chi connectivity index (χ0) is 15.6. The van der Waals surface area contributed by atoms with E-state index in [2.05, 4.69) is 0 Å². The Hall–Kier alpha value is -2.09. The SMILES string of the molecule is O=C(O)C1COCCN1C(=O)c1ccccc1C(F)(F)F. The van der Waals surface area contributed by atoms with Crippen LogP contribution in [0, 0.1) is 0 Å². The topological polar surface area (TPSA) is 66.8 Å². The maximum Gasteiger partial charge on any atom is 0.417 e. The Morgan fingerprint density at radius 1 is 1.29 bits per heavy atom. The van der Waals surface area contributed by atoms with Gasteiger partial charge in [0.1, 0.15) is 0 Å². The molecule has 1 aromatic rings. The first-order valence-electron chi connectivity index (χ1n) is 6.10. The van der Waals surface area contributed by atoms with E-state index < -0.39 is 35.2 Å². The van der Waals surface area contributed by atoms with Gasteiger partial charge in [-0.15, -0.1) is 0 Å². The molecule has 1 aliphatic rings. The second-order valence-electron chi connectivity index (χ2n) is 4.47. The summed E-state index contributed by atoms with van der Waals surface area (Å²) >= 11 is 0. The predicted octanol–water partition coefficient (Wildman–Crippen LogP) is 1.63. The highest BCUT2D eigenvalue weighted by Crippen LogP contribution is 2.32. The molecule has 5 nitrogen and oxygen atoms in total. The van der Waals surface area contributed by atoms with Gasteiger partial charge in [-0.25, -0.2) is 4.79 Å². The molecule has 1 N–H and O–H groups in total. The lowest BCUT2D eigenvalue weighted by molar-refractivity contribution is -0.147. The molecule has 1 aliphatic heterocycles. The molecule has 0 bridgehead atoms. The third kappa shape index (κ3) is 3.15. The van der Waals surface area contributed by atoms with Gasteiger partial charge in [0.15, 0.2) is 6.04 Å². The zero-order valence-corrected chi connectivity index (χ0v) is 10.8. The third-order valence-corrected chi connectivity index (χ3v) is 3.14. The van der Waals surface area contributed by atoms with E-state index in [1.807, 2.05) is 0 Å². The number of aliphatic carboxylic acids is 1. The molecule has 0 aliphatic carbocycles. The molecule has 1 heterocycles. The Bertz CT molecular complexity index is 559. The lowest BCUT2D eigenvalue weighted by atomic mass is 10.0. The molecule has 2 rings (SSSR count). The lowest BCUT2D eigenvalue weighted by Gasteiger charge is -2.33. The maximum absolute atomic E-state index is 12.9. The average Bonchev–Trinajstić information content (AvgIpc) is 2.45. The number of carbonyl (C=O) groups is 2. The summed E-state index contributed by atoms with van der Waals surface area (Å²) in [7, 11) is 0. The smallest absolute Gasteiger partial charge is 0.417 e. The molecule has 0 aromatic heterocycles. The lowest BCUT2D eigenvalue weighted by Crippen LogP contribution is -2.52. The summed E-state index contributed by atoms with van der Waals surface area (Å²) in [5.74, 6) is -2.27. The molecule has 8 heteroatoms. The van der Waals surface area contributed by atoms with Gasteiger partial charge in [0.2, 0.25) is 0 Å². The minimum atomic E-state index is -4.68. The number of hydrogen-bond donors (Lipinski definition) is 1. The van der Waals surface area contributed by atoms with Crippen LogP contribution in [0.5, 0.6) is 0 Å². The third-order valence-electron chi connectivity index (χ3n) is 3.14. The van der Waals surface area contributed by atoms with E-state index in [1.165, 1.54) is 12.1 Å². The molecule has 0 saturated carbocycles. The Labute approximate surface area is 117 Å². The van der Waals surface area contributed by atoms with Gasteiger partial charge in [0.05, 0.1) is 24.3 Å². The summed E-state index contributed by atoms with van der Waals surface area (Å²) in [4.78, 5) is 24.3. The highest BCUT2D eigenvalue weighted by molar-refractivity contribution is 5.98. The number of amides is 1. The average molecular weight is 303 g/mol. The number of carboxylic acid groups (broad SMARTS) is 1. The molecule has 1 aromatic carbocycles. The van der Waals surface area contributed by atoms with Crippen molar-refractivity contribution in [2.24, 2.45) is 0 Å². The Kier molecular flexibility index (Phi) is 4.17. The molecule has 1 fully saturated rings. The van der Waals surface area contributed by atoms with Gasteiger partial charge in [0, 0.05) is 6.54 Å². The first-order chi connectivity index (χ1) is 9.82. The second kappa shape index (κ2) is 5.72. The molecule has 1 saturated heterocycles. The number of ether oxygens (including phenoxy) is 1. The first-order valence-corrected chi connectivity index (χ1v) is 6.10. The van der Waals surface area contributed by atoms with Gasteiger partial charge in [-0.05, 0) is 12.1 Å². The van der Waals surface area contributed by atoms with Crippen molar-refractivity contribution in [3.05, 3.63) is 35.4 Å². The fourth-order valence-corrected chi connectivity index (χ4v) is 2.12. The van der Waals surface area contributed by atoms with Gasteiger partial charge in [0.25, 0.3) is 5.91 Å². The highest BCUT2D eigenvalue weighted by atomic mass is 19.4. The number of benzene rings is 1. The van der Waals surface area contributed by atoms with E-state index in [9.17, 15) is 22.8 Å². The van der Waals surface area contributed by atoms with Crippen molar-refractivity contribution in [3.63, 3.8) is 0 Å². The summed E-state index contributed by atoms with van der Waals surface area (Å²) in [6.45, 7) is -0.221. The number of nitrogens with zero attached hydrogens (tertiary/aromatic N) is 1. The van der Waals surface area contributed by atoms with Crippen molar-refractivity contribution in [1.29, 1.82) is 0 Å². The van der Waals surface area contributed by atoms with Gasteiger partial charge < -0.3 is 14.7 Å². The monoisotopic (exact) mass is 303 g/mol. The predicted molar refractivity (Wildman–Crippen MR) is 64.7 cm³/mol. The summed E-state index contributed by atoms with van der Waals surface area (Å²) < 4.78 is 43.7. The van der Waals surface area contributed by atoms with Crippen LogP contribution in [0.25, 0.3) is 0 Å². The van der Waals surface area contributed by atoms with Crippen LogP contribution in [0.3, 0.4) is 0 Å². The largest absolute Gasteiger partial charge is 0.480 e. The van der Waals surface area contributed by atoms with E-state index in [0.717, 1.165) is 17.0 Å². The van der Waals surface area contributed by atoms with Gasteiger partial charge in [-0.3, -0.25) is 4.79 Å². The molecular weight excluding hydrogens is 291 g/mol. The molecular formula is C13H12F3NO4. The number of carboxylic acids is 1. The normalized spacial score (nSPS) is 19.4. The summed E-state index contributed by atoms with van der Waals surface area (Å²) in [5, 5.41) is 9.04. The van der Waals surface area contributed by atoms with Crippen molar-refractivity contribution < 1.29 is 32.6 Å². The van der Waals surface area contributed by atoms with Crippen molar-refractivity contribution in [1.82, 2.24) is 4.90 Å². The quantitative estimate of drug-likeness (QED) is 0.902. The van der Waals surface area contributed by atoms with Gasteiger partial charge in [-0.1, -0.05) is 12.1 Å². The van der Waals surface area contributed by atoms with Crippen molar-refractivity contribution >= 4 is 11.9 Å². The number of halogens is 3. The second-order valence-corrected chi connectivity index (χ2v) is 4.47. The fourth-order valence-electron chi connectivity index (χ4n) is 2.12. The van der Waals surface area contributed by atoms with Crippen LogP contribution < -0.4 is 0 Å². The molecule has 0 radical (unpaired) electrons. The zero-order valence-electron chi connectivity index (χ0n) is 10.8. The van der Waals surface area contributed by atoms with Crippen LogP contribution in [0.2, 0.25) is 0 Å². The molecule has 1 amide bonds. The number of carbonyl (C=O) groups excluding carboxylic acids is 1. The van der Waals surface area contributed by atoms with Gasteiger partial charge in [-0.2, -0.15) is 13.2 Å². The van der Waals surface area contributed by atoms with Crippen molar-refractivity contribution in [2.45, 2.75) is 12.2 Å². The Morgan fingerprint density at radius 2 is 1.95 bits per heavy atom. The Morgan fingerprint density at radius 3 is 2.57 bits per heavy atom. The van der Waals surface area contributed by atoms with Crippen LogP contribution in [0.4, 0.5) is 13.2 Å². The fraction of sp³-hybridized carbons (Fsp3) is 0.385. The number of hydrogen-bond acceptors (Lipinski definition) is 3. The standard InChI is InChI=1S/C13H12F3NO4/c14-13(15,16)9-4-2-1-3-8(9)11(18)17-5-6-21-7-10(17)12(19)20/h1-4,10H,5-7H2,(H,19,20). The molecule has 0 spiro atoms. The van der Waals surface area contributed by atoms with Crippen LogP contribution in [-0.2, 0) is 15.7 Å². The summed E-state index contributed by atoms with van der Waals surface area (Å²) in [5.41, 5.74) is -1.64. The molecule has 114 valence electrons. The van der Waals surface area contributed by atoms with Crippen molar-refractivity contribution in [3.8, 4) is 0 Å². The first kappa shape index (κ1) is 15.3. The van der Waals surface area contributed by atoms with Gasteiger partial charge >= 0.3 is 12.1 Å². The van der Waals surface area contributed by atoms with Crippen LogP contribution in [0.1, 0.15) is 15.9 Å². The van der Waals surface area contributed by atoms with Crippen LogP contribution in [0.15, 0.2) is 24.3 Å². The van der Waals surface area contributed by atoms with E-state index in [0.29, 0.717) is 0 Å². The number of alkyl halides is 3. The summed E-state index contributed by atoms with van der Waals surface area (Å²) in [6, 6.07) is 3.03. The molecule has 1 unspecified atom stereocenters. The van der Waals surface area contributed by atoms with E-state index in [-0.39, 0.29) is 19.8 Å². The van der Waals surface area contributed by atoms with E-state index in [4.69, 9.17) is 9.84 Å². The van der Waals surface area contributed by atoms with Crippen LogP contribution in [-0.4, -0.2) is 47.7 Å². The molecule has 1 atom stereocenters. The number of morpholine rings is 1. The van der Waals surface area contributed by atoms with E-state index in [1.54, 1.807) is 0 Å². The Balaban J connectivity index is 2.37. The highest BCUT2D eigenvalue weighted by Gasteiger charge is 2.39. The van der Waals surface area contributed by atoms with E-state index >= 15 is 0 Å². The minimum absolute atomic E-state index is 0.0675. The van der Waals surface area contributed by atoms with Crippen LogP contribution >= 0.6 is 0 Å². The summed E-state index contributed by atoms with van der Waals surface area (Å²) in [6.07, 6.45) is -4.68. The molecule has 21 heavy (non-hydrogen) atoms. The number of rotatable bonds is 2. The maximum atomic E-state index is 12.9. The van der Waals surface area contributed by atoms with Crippen molar-refractivity contribution in [2.75, 3.05) is 19.8 Å². The minimum Gasteiger partial charge on any atom is -0.480 e.